The molecule has 0 bridgehead atoms. The molecule has 8 heteroatoms. The van der Waals surface area contributed by atoms with Crippen molar-refractivity contribution in [2.45, 2.75) is 6.04 Å². The van der Waals surface area contributed by atoms with Gasteiger partial charge in [-0.05, 0) is 29.8 Å². The van der Waals surface area contributed by atoms with E-state index in [9.17, 15) is 14.4 Å². The number of hydrogen-bond donors (Lipinski definition) is 2. The largest absolute Gasteiger partial charge is 0.413 e. The van der Waals surface area contributed by atoms with E-state index in [2.05, 4.69) is 10.3 Å². The lowest BCUT2D eigenvalue weighted by molar-refractivity contribution is 0.197. The highest BCUT2D eigenvalue weighted by Crippen LogP contribution is 2.22. The second-order valence-corrected chi connectivity index (χ2v) is 7.39. The Labute approximate surface area is 181 Å². The van der Waals surface area contributed by atoms with Crippen molar-refractivity contribution in [3.63, 3.8) is 0 Å². The van der Waals surface area contributed by atoms with Gasteiger partial charge in [0, 0.05) is 41.5 Å². The third kappa shape index (κ3) is 4.36. The summed E-state index contributed by atoms with van der Waals surface area (Å²) in [6.45, 7) is 0. The predicted molar refractivity (Wildman–Crippen MR) is 119 cm³/mol. The fraction of sp³-hybridized carbons (Fsp3) is 0.0870. The van der Waals surface area contributed by atoms with Crippen LogP contribution in [0.4, 0.5) is 4.79 Å². The maximum Gasteiger partial charge on any atom is 0.413 e. The summed E-state index contributed by atoms with van der Waals surface area (Å²) in [6, 6.07) is 15.9. The highest BCUT2D eigenvalue weighted by atomic mass is 35.5. The highest BCUT2D eigenvalue weighted by molar-refractivity contribution is 6.31. The van der Waals surface area contributed by atoms with Crippen LogP contribution in [-0.2, 0) is 7.05 Å². The maximum absolute atomic E-state index is 13.2. The molecule has 0 radical (unpaired) electrons. The van der Waals surface area contributed by atoms with Crippen LogP contribution >= 0.6 is 11.6 Å². The van der Waals surface area contributed by atoms with Gasteiger partial charge < -0.3 is 19.6 Å². The van der Waals surface area contributed by atoms with Crippen LogP contribution in [0.25, 0.3) is 10.9 Å². The van der Waals surface area contributed by atoms with Crippen LogP contribution in [0.5, 0.6) is 5.75 Å². The number of nitrogens with one attached hydrogen (secondary N) is 2. The van der Waals surface area contributed by atoms with E-state index < -0.39 is 12.1 Å². The molecule has 156 valence electrons. The lowest BCUT2D eigenvalue weighted by Crippen LogP contribution is -2.34. The van der Waals surface area contributed by atoms with Crippen molar-refractivity contribution in [2.24, 2.45) is 7.05 Å². The molecule has 1 unspecified atom stereocenters. The summed E-state index contributed by atoms with van der Waals surface area (Å²) in [5, 5.41) is 3.69. The molecular weight excluding hydrogens is 418 g/mol. The van der Waals surface area contributed by atoms with Crippen molar-refractivity contribution < 1.29 is 9.53 Å². The van der Waals surface area contributed by atoms with Gasteiger partial charge in [-0.25, -0.2) is 4.79 Å². The third-order valence-corrected chi connectivity index (χ3v) is 5.10. The number of aromatic nitrogens is 2. The molecule has 0 aliphatic carbocycles. The van der Waals surface area contributed by atoms with Crippen molar-refractivity contribution in [3.05, 3.63) is 110 Å². The van der Waals surface area contributed by atoms with E-state index in [-0.39, 0.29) is 16.7 Å². The summed E-state index contributed by atoms with van der Waals surface area (Å²) in [4.78, 5) is 40.6. The summed E-state index contributed by atoms with van der Waals surface area (Å²) in [7, 11) is 1.59. The lowest BCUT2D eigenvalue weighted by atomic mass is 9.98. The van der Waals surface area contributed by atoms with Gasteiger partial charge in [0.2, 0.25) is 0 Å². The minimum absolute atomic E-state index is 0.106. The average molecular weight is 436 g/mol. The number of aromatic amines is 1. The van der Waals surface area contributed by atoms with Gasteiger partial charge in [0.1, 0.15) is 5.75 Å². The first-order valence-electron chi connectivity index (χ1n) is 9.43. The van der Waals surface area contributed by atoms with Gasteiger partial charge in [-0.3, -0.25) is 9.59 Å². The number of amides is 1. The number of hydrogen-bond acceptors (Lipinski definition) is 4. The van der Waals surface area contributed by atoms with Crippen LogP contribution in [0.15, 0.2) is 82.6 Å². The third-order valence-electron chi connectivity index (χ3n) is 4.86. The van der Waals surface area contributed by atoms with Crippen molar-refractivity contribution in [3.8, 4) is 5.75 Å². The first-order chi connectivity index (χ1) is 14.9. The fourth-order valence-corrected chi connectivity index (χ4v) is 3.43. The first-order valence-corrected chi connectivity index (χ1v) is 9.81. The van der Waals surface area contributed by atoms with Crippen molar-refractivity contribution in [1.82, 2.24) is 14.9 Å². The molecule has 2 aromatic heterocycles. The number of H-pyrrole nitrogens is 1. The molecule has 0 spiro atoms. The fourth-order valence-electron chi connectivity index (χ4n) is 3.26. The molecule has 0 aliphatic heterocycles. The molecule has 2 heterocycles. The average Bonchev–Trinajstić information content (AvgIpc) is 2.76. The molecule has 0 fully saturated rings. The number of carbonyl (C=O) groups excluding carboxylic acids is 1. The number of fused-ring (bicyclic) bond motifs is 1. The van der Waals surface area contributed by atoms with Gasteiger partial charge in [0.15, 0.2) is 5.43 Å². The van der Waals surface area contributed by atoms with Gasteiger partial charge >= 0.3 is 6.09 Å². The van der Waals surface area contributed by atoms with Crippen molar-refractivity contribution in [2.75, 3.05) is 0 Å². The Hall–Kier alpha value is -3.84. The van der Waals surface area contributed by atoms with Crippen LogP contribution in [0.1, 0.15) is 17.2 Å². The molecule has 4 aromatic rings. The van der Waals surface area contributed by atoms with E-state index in [1.54, 1.807) is 43.6 Å². The molecule has 2 N–H and O–H groups in total. The van der Waals surface area contributed by atoms with E-state index in [1.165, 1.54) is 22.9 Å². The Kier molecular flexibility index (Phi) is 5.60. The summed E-state index contributed by atoms with van der Waals surface area (Å²) < 4.78 is 6.63. The topological polar surface area (TPSA) is 93.2 Å². The van der Waals surface area contributed by atoms with Gasteiger partial charge in [-0.1, -0.05) is 41.9 Å². The zero-order valence-corrected chi connectivity index (χ0v) is 17.2. The van der Waals surface area contributed by atoms with Crippen molar-refractivity contribution in [1.29, 1.82) is 0 Å². The quantitative estimate of drug-likeness (QED) is 0.510. The Bertz CT molecular complexity index is 1380. The second-order valence-electron chi connectivity index (χ2n) is 6.95. The number of rotatable bonds is 4. The number of benzene rings is 2. The van der Waals surface area contributed by atoms with E-state index in [4.69, 9.17) is 16.3 Å². The van der Waals surface area contributed by atoms with Gasteiger partial charge in [-0.2, -0.15) is 0 Å². The smallest absolute Gasteiger partial charge is 0.410 e. The molecule has 2 aromatic carbocycles. The van der Waals surface area contributed by atoms with E-state index >= 15 is 0 Å². The number of pyridine rings is 2. The standard InChI is InChI=1S/C23H18ClN3O4/c1-27-10-9-16(12-20(27)28)31-23(30)26-21(14-5-3-2-4-6-14)18-13-25-19-11-15(24)7-8-17(19)22(18)29/h2-13,21H,1H3,(H,25,29)(H,26,30). The van der Waals surface area contributed by atoms with Crippen LogP contribution in [0, 0.1) is 0 Å². The minimum Gasteiger partial charge on any atom is -0.410 e. The van der Waals surface area contributed by atoms with Gasteiger partial charge in [-0.15, -0.1) is 0 Å². The summed E-state index contributed by atoms with van der Waals surface area (Å²) in [5.41, 5.74) is 1.07. The molecule has 0 saturated heterocycles. The van der Waals surface area contributed by atoms with Crippen LogP contribution < -0.4 is 21.0 Å². The van der Waals surface area contributed by atoms with E-state index in [0.29, 0.717) is 27.1 Å². The van der Waals surface area contributed by atoms with Crippen LogP contribution in [0.2, 0.25) is 5.02 Å². The number of ether oxygens (including phenoxy) is 1. The van der Waals surface area contributed by atoms with Gasteiger partial charge in [0.25, 0.3) is 5.56 Å². The van der Waals surface area contributed by atoms with E-state index in [1.807, 2.05) is 18.2 Å². The van der Waals surface area contributed by atoms with Gasteiger partial charge in [0.05, 0.1) is 11.6 Å². The Morgan fingerprint density at radius 1 is 1.10 bits per heavy atom. The summed E-state index contributed by atoms with van der Waals surface area (Å²) in [5.74, 6) is 0.106. The molecule has 1 amide bonds. The summed E-state index contributed by atoms with van der Waals surface area (Å²) in [6.07, 6.45) is 2.26. The minimum atomic E-state index is -0.794. The summed E-state index contributed by atoms with van der Waals surface area (Å²) >= 11 is 6.02. The first kappa shape index (κ1) is 20.4. The Balaban J connectivity index is 1.71. The molecular formula is C23H18ClN3O4. The van der Waals surface area contributed by atoms with Crippen molar-refractivity contribution >= 4 is 28.6 Å². The Morgan fingerprint density at radius 2 is 1.87 bits per heavy atom. The highest BCUT2D eigenvalue weighted by Gasteiger charge is 2.22. The number of nitrogens with zero attached hydrogens (tertiary/aromatic N) is 1. The Morgan fingerprint density at radius 3 is 2.61 bits per heavy atom. The SMILES string of the molecule is Cn1ccc(OC(=O)NC(c2ccccc2)c2c[nH]c3cc(Cl)ccc3c2=O)cc1=O. The lowest BCUT2D eigenvalue weighted by Gasteiger charge is -2.19. The maximum atomic E-state index is 13.2. The number of halogens is 1. The number of carbonyl (C=O) groups is 1. The molecule has 4 rings (SSSR count). The number of aryl methyl sites for hydroxylation is 1. The second kappa shape index (κ2) is 8.49. The van der Waals surface area contributed by atoms with E-state index in [0.717, 1.165) is 0 Å². The van der Waals surface area contributed by atoms with Crippen LogP contribution in [-0.4, -0.2) is 15.6 Å². The predicted octanol–water partition coefficient (Wildman–Crippen LogP) is 3.76. The molecule has 0 saturated carbocycles. The zero-order chi connectivity index (χ0) is 22.0. The molecule has 31 heavy (non-hydrogen) atoms. The molecule has 1 atom stereocenters. The normalized spacial score (nSPS) is 11.8. The monoisotopic (exact) mass is 435 g/mol. The molecule has 7 nitrogen and oxygen atoms in total. The molecule has 0 aliphatic rings. The zero-order valence-electron chi connectivity index (χ0n) is 16.5. The van der Waals surface area contributed by atoms with Crippen LogP contribution in [0.3, 0.4) is 0 Å².